The molecule has 1 spiro atoms. The first-order chi connectivity index (χ1) is 6.93. The highest BCUT2D eigenvalue weighted by molar-refractivity contribution is 5.83. The van der Waals surface area contributed by atoms with E-state index in [2.05, 4.69) is 10.6 Å². The lowest BCUT2D eigenvalue weighted by atomic mass is 9.91. The molecule has 1 unspecified atom stereocenters. The van der Waals surface area contributed by atoms with Crippen molar-refractivity contribution in [3.8, 4) is 0 Å². The summed E-state index contributed by atoms with van der Waals surface area (Å²) in [6, 6.07) is 0. The largest absolute Gasteiger partial charge is 0.351 e. The van der Waals surface area contributed by atoms with Crippen molar-refractivity contribution in [3.05, 3.63) is 0 Å². The molecule has 2 N–H and O–H groups in total. The third-order valence-electron chi connectivity index (χ3n) is 3.60. The van der Waals surface area contributed by atoms with E-state index in [0.717, 1.165) is 19.5 Å². The lowest BCUT2D eigenvalue weighted by molar-refractivity contribution is -0.124. The molecule has 86 valence electrons. The van der Waals surface area contributed by atoms with Crippen LogP contribution in [0.15, 0.2) is 0 Å². The lowest BCUT2D eigenvalue weighted by Crippen LogP contribution is -2.43. The maximum Gasteiger partial charge on any atom is 0.224 e. The summed E-state index contributed by atoms with van der Waals surface area (Å²) in [5.74, 6) is 0.559. The minimum Gasteiger partial charge on any atom is -0.351 e. The van der Waals surface area contributed by atoms with E-state index in [1.807, 2.05) is 20.8 Å². The molecule has 1 saturated carbocycles. The van der Waals surface area contributed by atoms with Crippen molar-refractivity contribution >= 4 is 5.91 Å². The van der Waals surface area contributed by atoms with Crippen LogP contribution in [0.5, 0.6) is 0 Å². The highest BCUT2D eigenvalue weighted by Gasteiger charge is 2.57. The number of rotatable bonds is 1. The molecule has 3 heteroatoms. The number of amides is 1. The zero-order valence-electron chi connectivity index (χ0n) is 10.0. The van der Waals surface area contributed by atoms with E-state index >= 15 is 0 Å². The fraction of sp³-hybridized carbons (Fsp3) is 0.917. The van der Waals surface area contributed by atoms with Crippen LogP contribution >= 0.6 is 0 Å². The van der Waals surface area contributed by atoms with Crippen molar-refractivity contribution in [2.24, 2.45) is 11.3 Å². The molecule has 1 aliphatic carbocycles. The second kappa shape index (κ2) is 3.48. The van der Waals surface area contributed by atoms with E-state index in [9.17, 15) is 4.79 Å². The van der Waals surface area contributed by atoms with Crippen LogP contribution in [-0.4, -0.2) is 24.5 Å². The Morgan fingerprint density at radius 3 is 2.47 bits per heavy atom. The first kappa shape index (κ1) is 10.9. The molecule has 0 bridgehead atoms. The van der Waals surface area contributed by atoms with Gasteiger partial charge in [-0.1, -0.05) is 0 Å². The van der Waals surface area contributed by atoms with Gasteiger partial charge in [0.05, 0.1) is 0 Å². The number of hydrogen-bond donors (Lipinski definition) is 2. The maximum absolute atomic E-state index is 12.0. The van der Waals surface area contributed by atoms with Crippen molar-refractivity contribution in [1.82, 2.24) is 10.6 Å². The predicted molar refractivity (Wildman–Crippen MR) is 60.5 cm³/mol. The minimum absolute atomic E-state index is 0.0895. The molecular weight excluding hydrogens is 188 g/mol. The van der Waals surface area contributed by atoms with E-state index in [4.69, 9.17) is 0 Å². The summed E-state index contributed by atoms with van der Waals surface area (Å²) in [5.41, 5.74) is 0.272. The Balaban J connectivity index is 1.89. The lowest BCUT2D eigenvalue weighted by Gasteiger charge is -2.25. The Hall–Kier alpha value is -0.570. The molecule has 2 rings (SSSR count). The predicted octanol–water partition coefficient (Wildman–Crippen LogP) is 1.29. The van der Waals surface area contributed by atoms with Gasteiger partial charge in [-0.2, -0.15) is 0 Å². The first-order valence-electron chi connectivity index (χ1n) is 5.96. The Kier molecular flexibility index (Phi) is 2.53. The summed E-state index contributed by atoms with van der Waals surface area (Å²) in [5, 5.41) is 6.45. The van der Waals surface area contributed by atoms with Crippen LogP contribution in [0.1, 0.15) is 40.0 Å². The Morgan fingerprint density at radius 1 is 1.33 bits per heavy atom. The van der Waals surface area contributed by atoms with E-state index in [-0.39, 0.29) is 11.4 Å². The van der Waals surface area contributed by atoms with Gasteiger partial charge in [0.25, 0.3) is 0 Å². The van der Waals surface area contributed by atoms with Gasteiger partial charge in [-0.15, -0.1) is 0 Å². The SMILES string of the molecule is CC(C)(C)NC(=O)C1CC12CCNCC2. The van der Waals surface area contributed by atoms with Gasteiger partial charge < -0.3 is 10.6 Å². The third kappa shape index (κ3) is 2.33. The number of piperidine rings is 1. The molecule has 0 radical (unpaired) electrons. The summed E-state index contributed by atoms with van der Waals surface area (Å²) in [6.45, 7) is 8.30. The Morgan fingerprint density at radius 2 is 1.93 bits per heavy atom. The molecule has 1 atom stereocenters. The average molecular weight is 210 g/mol. The fourth-order valence-electron chi connectivity index (χ4n) is 2.65. The van der Waals surface area contributed by atoms with Crippen molar-refractivity contribution in [2.75, 3.05) is 13.1 Å². The first-order valence-corrected chi connectivity index (χ1v) is 5.96. The van der Waals surface area contributed by atoms with Gasteiger partial charge in [0.2, 0.25) is 5.91 Å². The van der Waals surface area contributed by atoms with E-state index in [1.165, 1.54) is 12.8 Å². The van der Waals surface area contributed by atoms with Gasteiger partial charge >= 0.3 is 0 Å². The number of carbonyl (C=O) groups is 1. The minimum atomic E-state index is -0.0895. The van der Waals surface area contributed by atoms with Crippen LogP contribution in [-0.2, 0) is 4.79 Å². The molecule has 2 fully saturated rings. The summed E-state index contributed by atoms with van der Waals surface area (Å²) in [6.07, 6.45) is 3.46. The van der Waals surface area contributed by atoms with Crippen molar-refractivity contribution < 1.29 is 4.79 Å². The topological polar surface area (TPSA) is 41.1 Å². The zero-order chi connectivity index (χ0) is 11.1. The van der Waals surface area contributed by atoms with Gasteiger partial charge in [0.1, 0.15) is 0 Å². The van der Waals surface area contributed by atoms with Gasteiger partial charge in [-0.25, -0.2) is 0 Å². The summed E-state index contributed by atoms with van der Waals surface area (Å²) in [4.78, 5) is 12.0. The highest BCUT2D eigenvalue weighted by Crippen LogP contribution is 2.58. The van der Waals surface area contributed by atoms with Gasteiger partial charge in [0, 0.05) is 11.5 Å². The number of hydrogen-bond acceptors (Lipinski definition) is 2. The monoisotopic (exact) mass is 210 g/mol. The van der Waals surface area contributed by atoms with Crippen molar-refractivity contribution in [1.29, 1.82) is 0 Å². The van der Waals surface area contributed by atoms with Crippen molar-refractivity contribution in [3.63, 3.8) is 0 Å². The smallest absolute Gasteiger partial charge is 0.224 e. The molecular formula is C12H22N2O. The number of nitrogens with one attached hydrogen (secondary N) is 2. The van der Waals surface area contributed by atoms with E-state index < -0.39 is 0 Å². The van der Waals surface area contributed by atoms with Gasteiger partial charge in [-0.05, 0) is 58.5 Å². The van der Waals surface area contributed by atoms with Crippen molar-refractivity contribution in [2.45, 2.75) is 45.6 Å². The standard InChI is InChI=1S/C12H22N2O/c1-11(2,3)14-10(15)9-8-12(9)4-6-13-7-5-12/h9,13H,4-8H2,1-3H3,(H,14,15). The molecule has 0 aromatic carbocycles. The fourth-order valence-corrected chi connectivity index (χ4v) is 2.65. The normalized spacial score (nSPS) is 28.9. The number of carbonyl (C=O) groups excluding carboxylic acids is 1. The second-order valence-corrected chi connectivity index (χ2v) is 6.11. The highest BCUT2D eigenvalue weighted by atomic mass is 16.2. The van der Waals surface area contributed by atoms with Crippen LogP contribution in [0, 0.1) is 11.3 Å². The molecule has 1 saturated heterocycles. The molecule has 0 aromatic rings. The Bertz CT molecular complexity index is 261. The zero-order valence-corrected chi connectivity index (χ0v) is 10.0. The Labute approximate surface area is 92.0 Å². The summed E-state index contributed by atoms with van der Waals surface area (Å²) < 4.78 is 0. The molecule has 1 amide bonds. The molecule has 15 heavy (non-hydrogen) atoms. The van der Waals surface area contributed by atoms with Crippen LogP contribution in [0.25, 0.3) is 0 Å². The summed E-state index contributed by atoms with van der Waals surface area (Å²) in [7, 11) is 0. The molecule has 3 nitrogen and oxygen atoms in total. The molecule has 0 aromatic heterocycles. The van der Waals surface area contributed by atoms with Gasteiger partial charge in [-0.3, -0.25) is 4.79 Å². The van der Waals surface area contributed by atoms with Crippen LogP contribution in [0.2, 0.25) is 0 Å². The molecule has 1 aliphatic heterocycles. The molecule has 2 aliphatic rings. The van der Waals surface area contributed by atoms with Crippen LogP contribution in [0.4, 0.5) is 0 Å². The van der Waals surface area contributed by atoms with E-state index in [0.29, 0.717) is 11.3 Å². The quantitative estimate of drug-likeness (QED) is 0.685. The average Bonchev–Trinajstić information content (AvgIpc) is 2.78. The second-order valence-electron chi connectivity index (χ2n) is 6.11. The van der Waals surface area contributed by atoms with Crippen LogP contribution in [0.3, 0.4) is 0 Å². The summed E-state index contributed by atoms with van der Waals surface area (Å²) >= 11 is 0. The van der Waals surface area contributed by atoms with Gasteiger partial charge in [0.15, 0.2) is 0 Å². The maximum atomic E-state index is 12.0. The molecule has 1 heterocycles. The third-order valence-corrected chi connectivity index (χ3v) is 3.60. The van der Waals surface area contributed by atoms with E-state index in [1.54, 1.807) is 0 Å². The van der Waals surface area contributed by atoms with Crippen LogP contribution < -0.4 is 10.6 Å².